The summed E-state index contributed by atoms with van der Waals surface area (Å²) in [5.74, 6) is -0.990. The minimum absolute atomic E-state index is 0.159. The Morgan fingerprint density at radius 2 is 2.27 bits per heavy atom. The second kappa shape index (κ2) is 4.12. The normalized spacial score (nSPS) is 10.8. The van der Waals surface area contributed by atoms with Gasteiger partial charge in [0.05, 0.1) is 15.3 Å². The molecule has 1 aromatic carbocycles. The van der Waals surface area contributed by atoms with Crippen molar-refractivity contribution >= 4 is 54.9 Å². The first-order chi connectivity index (χ1) is 7.15. The first-order valence-electron chi connectivity index (χ1n) is 4.13. The molecule has 0 aliphatic heterocycles. The molecule has 78 valence electrons. The first kappa shape index (κ1) is 10.9. The van der Waals surface area contributed by atoms with Crippen LogP contribution in [-0.4, -0.2) is 11.1 Å². The molecule has 2 aromatic rings. The smallest absolute Gasteiger partial charge is 0.337 e. The van der Waals surface area contributed by atoms with Crippen LogP contribution in [0.3, 0.4) is 0 Å². The van der Waals surface area contributed by atoms with Gasteiger partial charge in [-0.2, -0.15) is 0 Å². The number of fused-ring (bicyclic) bond motifs is 1. The van der Waals surface area contributed by atoms with Crippen molar-refractivity contribution < 1.29 is 9.90 Å². The molecular formula is C10H6BrClO2S. The van der Waals surface area contributed by atoms with Crippen molar-refractivity contribution in [2.45, 2.75) is 5.33 Å². The van der Waals surface area contributed by atoms with Crippen LogP contribution >= 0.6 is 38.9 Å². The third-order valence-corrected chi connectivity index (χ3v) is 4.31. The van der Waals surface area contributed by atoms with Crippen molar-refractivity contribution in [2.24, 2.45) is 0 Å². The second-order valence-corrected chi connectivity index (χ2v) is 4.82. The number of thiophene rings is 1. The zero-order chi connectivity index (χ0) is 11.0. The van der Waals surface area contributed by atoms with Gasteiger partial charge in [0, 0.05) is 5.33 Å². The Hall–Kier alpha value is -0.580. The Bertz CT molecular complexity index is 535. The van der Waals surface area contributed by atoms with Crippen LogP contribution in [0.25, 0.3) is 10.1 Å². The number of aromatic carboxylic acids is 1. The minimum atomic E-state index is -0.990. The van der Waals surface area contributed by atoms with E-state index in [1.54, 1.807) is 12.1 Å². The average molecular weight is 306 g/mol. The Kier molecular flexibility index (Phi) is 3.00. The van der Waals surface area contributed by atoms with Crippen molar-refractivity contribution in [3.63, 3.8) is 0 Å². The van der Waals surface area contributed by atoms with Crippen LogP contribution < -0.4 is 0 Å². The molecule has 0 radical (unpaired) electrons. The highest BCUT2D eigenvalue weighted by Crippen LogP contribution is 2.35. The van der Waals surface area contributed by atoms with E-state index in [2.05, 4.69) is 15.9 Å². The number of carbonyl (C=O) groups is 1. The lowest BCUT2D eigenvalue weighted by molar-refractivity contribution is 0.0697. The summed E-state index contributed by atoms with van der Waals surface area (Å²) in [4.78, 5) is 10.9. The summed E-state index contributed by atoms with van der Waals surface area (Å²) >= 11 is 10.9. The number of rotatable bonds is 2. The lowest BCUT2D eigenvalue weighted by atomic mass is 10.1. The van der Waals surface area contributed by atoms with Gasteiger partial charge < -0.3 is 5.11 Å². The van der Waals surface area contributed by atoms with E-state index in [4.69, 9.17) is 16.7 Å². The number of halogens is 2. The van der Waals surface area contributed by atoms with Gasteiger partial charge in [-0.15, -0.1) is 11.3 Å². The molecule has 2 nitrogen and oxygen atoms in total. The van der Waals surface area contributed by atoms with Gasteiger partial charge in [0.2, 0.25) is 0 Å². The lowest BCUT2D eigenvalue weighted by Gasteiger charge is -2.00. The number of carboxylic acid groups (broad SMARTS) is 1. The van der Waals surface area contributed by atoms with Gasteiger partial charge in [-0.05, 0) is 22.4 Å². The monoisotopic (exact) mass is 304 g/mol. The molecular weight excluding hydrogens is 300 g/mol. The van der Waals surface area contributed by atoms with E-state index in [1.807, 2.05) is 5.38 Å². The molecule has 1 aromatic heterocycles. The number of hydrogen-bond acceptors (Lipinski definition) is 2. The zero-order valence-corrected chi connectivity index (χ0v) is 10.6. The molecule has 0 spiro atoms. The third-order valence-electron chi connectivity index (χ3n) is 2.14. The summed E-state index contributed by atoms with van der Waals surface area (Å²) in [6.07, 6.45) is 0. The van der Waals surface area contributed by atoms with E-state index in [9.17, 15) is 4.79 Å². The highest BCUT2D eigenvalue weighted by atomic mass is 79.9. The Balaban J connectivity index is 2.75. The summed E-state index contributed by atoms with van der Waals surface area (Å²) in [5, 5.41) is 13.0. The number of hydrogen-bond donors (Lipinski definition) is 1. The maximum Gasteiger partial charge on any atom is 0.337 e. The molecule has 0 saturated heterocycles. The van der Waals surface area contributed by atoms with Crippen LogP contribution in [0, 0.1) is 0 Å². The van der Waals surface area contributed by atoms with Crippen LogP contribution in [0.5, 0.6) is 0 Å². The Morgan fingerprint density at radius 3 is 2.87 bits per heavy atom. The molecule has 0 bridgehead atoms. The predicted molar refractivity (Wildman–Crippen MR) is 66.4 cm³/mol. The number of carboxylic acids is 1. The predicted octanol–water partition coefficient (Wildman–Crippen LogP) is 4.15. The average Bonchev–Trinajstić information content (AvgIpc) is 2.61. The van der Waals surface area contributed by atoms with Crippen molar-refractivity contribution in [3.8, 4) is 0 Å². The highest BCUT2D eigenvalue weighted by Gasteiger charge is 2.14. The zero-order valence-electron chi connectivity index (χ0n) is 7.46. The van der Waals surface area contributed by atoms with Gasteiger partial charge >= 0.3 is 5.97 Å². The molecule has 0 aliphatic carbocycles. The van der Waals surface area contributed by atoms with Crippen LogP contribution in [0.1, 0.15) is 15.9 Å². The molecule has 0 aliphatic rings. The number of benzene rings is 1. The molecule has 5 heteroatoms. The van der Waals surface area contributed by atoms with Crippen LogP contribution in [0.15, 0.2) is 17.5 Å². The molecule has 0 fully saturated rings. The van der Waals surface area contributed by atoms with Crippen molar-refractivity contribution in [2.75, 3.05) is 0 Å². The van der Waals surface area contributed by atoms with Crippen molar-refractivity contribution in [1.82, 2.24) is 0 Å². The minimum Gasteiger partial charge on any atom is -0.478 e. The maximum atomic E-state index is 10.9. The van der Waals surface area contributed by atoms with Gasteiger partial charge in [-0.3, -0.25) is 0 Å². The first-order valence-corrected chi connectivity index (χ1v) is 6.51. The van der Waals surface area contributed by atoms with Crippen LogP contribution in [0.2, 0.25) is 5.02 Å². The lowest BCUT2D eigenvalue weighted by Crippen LogP contribution is -1.96. The summed E-state index contributed by atoms with van der Waals surface area (Å²) in [7, 11) is 0. The summed E-state index contributed by atoms with van der Waals surface area (Å²) in [6, 6.07) is 3.35. The Labute approximate surface area is 104 Å². The standard InChI is InChI=1S/C10H6BrClO2S/c11-3-5-4-15-9-6(5)1-2-7(8(9)12)10(13)14/h1-2,4H,3H2,(H,13,14). The van der Waals surface area contributed by atoms with E-state index >= 15 is 0 Å². The highest BCUT2D eigenvalue weighted by molar-refractivity contribution is 9.08. The van der Waals surface area contributed by atoms with Crippen LogP contribution in [0.4, 0.5) is 0 Å². The van der Waals surface area contributed by atoms with E-state index in [0.717, 1.165) is 21.0 Å². The third kappa shape index (κ3) is 1.77. The fraction of sp³-hybridized carbons (Fsp3) is 0.100. The molecule has 1 heterocycles. The van der Waals surface area contributed by atoms with E-state index < -0.39 is 5.97 Å². The van der Waals surface area contributed by atoms with Crippen molar-refractivity contribution in [1.29, 1.82) is 0 Å². The Morgan fingerprint density at radius 1 is 1.53 bits per heavy atom. The second-order valence-electron chi connectivity index (χ2n) is 3.00. The quantitative estimate of drug-likeness (QED) is 0.846. The van der Waals surface area contributed by atoms with Crippen molar-refractivity contribution in [3.05, 3.63) is 33.7 Å². The van der Waals surface area contributed by atoms with Gasteiger partial charge in [-0.1, -0.05) is 33.6 Å². The van der Waals surface area contributed by atoms with Crippen LogP contribution in [-0.2, 0) is 5.33 Å². The van der Waals surface area contributed by atoms with E-state index in [-0.39, 0.29) is 5.56 Å². The molecule has 0 saturated carbocycles. The van der Waals surface area contributed by atoms with E-state index in [0.29, 0.717) is 5.02 Å². The number of alkyl halides is 1. The van der Waals surface area contributed by atoms with Gasteiger partial charge in [-0.25, -0.2) is 4.79 Å². The molecule has 0 unspecified atom stereocenters. The molecule has 2 rings (SSSR count). The summed E-state index contributed by atoms with van der Waals surface area (Å²) < 4.78 is 0.839. The largest absolute Gasteiger partial charge is 0.478 e. The van der Waals surface area contributed by atoms with Gasteiger partial charge in [0.15, 0.2) is 0 Å². The molecule has 1 N–H and O–H groups in total. The van der Waals surface area contributed by atoms with E-state index in [1.165, 1.54) is 11.3 Å². The fourth-order valence-corrected chi connectivity index (χ4v) is 3.45. The maximum absolute atomic E-state index is 10.9. The van der Waals surface area contributed by atoms with Gasteiger partial charge in [0.1, 0.15) is 0 Å². The topological polar surface area (TPSA) is 37.3 Å². The molecule has 15 heavy (non-hydrogen) atoms. The molecule has 0 atom stereocenters. The molecule has 0 amide bonds. The SMILES string of the molecule is O=C(O)c1ccc2c(CBr)csc2c1Cl. The summed E-state index contributed by atoms with van der Waals surface area (Å²) in [5.41, 5.74) is 1.29. The fourth-order valence-electron chi connectivity index (χ4n) is 1.39. The summed E-state index contributed by atoms with van der Waals surface area (Å²) in [6.45, 7) is 0. The van der Waals surface area contributed by atoms with Gasteiger partial charge in [0.25, 0.3) is 0 Å².